The van der Waals surface area contributed by atoms with Gasteiger partial charge in [0.1, 0.15) is 12.7 Å². The summed E-state index contributed by atoms with van der Waals surface area (Å²) < 4.78 is 26.9. The fraction of sp³-hybridized carbons (Fsp3) is 0.476. The Kier molecular flexibility index (Phi) is 10.1. The predicted molar refractivity (Wildman–Crippen MR) is 125 cm³/mol. The van der Waals surface area contributed by atoms with Gasteiger partial charge in [-0.3, -0.25) is 34.1 Å². The van der Waals surface area contributed by atoms with E-state index in [1.165, 1.54) is 12.1 Å². The maximum atomic E-state index is 13.1. The Morgan fingerprint density at radius 2 is 1.50 bits per heavy atom. The lowest BCUT2D eigenvalue weighted by Gasteiger charge is -2.44. The molecule has 1 saturated heterocycles. The second-order valence-corrected chi connectivity index (χ2v) is 8.68. The molecule has 1 aliphatic rings. The molecular formula is C21H23IN2O12. The van der Waals surface area contributed by atoms with E-state index in [2.05, 4.69) is 5.32 Å². The Morgan fingerprint density at radius 3 is 2.03 bits per heavy atom. The third kappa shape index (κ3) is 7.84. The van der Waals surface area contributed by atoms with E-state index in [1.807, 2.05) is 0 Å². The molecule has 2 rings (SSSR count). The summed E-state index contributed by atoms with van der Waals surface area (Å²) in [5, 5.41) is 13.6. The van der Waals surface area contributed by atoms with Gasteiger partial charge in [-0.2, -0.15) is 0 Å². The van der Waals surface area contributed by atoms with Crippen LogP contribution in [0.25, 0.3) is 0 Å². The van der Waals surface area contributed by atoms with Crippen LogP contribution in [0.15, 0.2) is 18.2 Å². The van der Waals surface area contributed by atoms with Crippen molar-refractivity contribution in [1.29, 1.82) is 0 Å². The number of nitro benzene ring substituents is 1. The summed E-state index contributed by atoms with van der Waals surface area (Å²) in [7, 11) is 0. The third-order valence-corrected chi connectivity index (χ3v) is 5.61. The molecule has 1 heterocycles. The molecule has 15 heteroatoms. The first kappa shape index (κ1) is 28.9. The van der Waals surface area contributed by atoms with Gasteiger partial charge in [0, 0.05) is 43.4 Å². The van der Waals surface area contributed by atoms with Crippen molar-refractivity contribution < 1.29 is 52.6 Å². The molecule has 1 N–H and O–H groups in total. The molecule has 1 amide bonds. The highest BCUT2D eigenvalue weighted by Gasteiger charge is 2.52. The minimum atomic E-state index is -1.51. The average Bonchev–Trinajstić information content (AvgIpc) is 2.75. The quantitative estimate of drug-likeness (QED) is 0.143. The topological polar surface area (TPSA) is 187 Å². The number of nitrogens with zero attached hydrogens (tertiary/aromatic N) is 1. The summed E-state index contributed by atoms with van der Waals surface area (Å²) in [6.07, 6.45) is -7.14. The lowest BCUT2D eigenvalue weighted by molar-refractivity contribution is -0.384. The molecule has 0 spiro atoms. The Bertz CT molecular complexity index is 1060. The molecule has 14 nitrogen and oxygen atoms in total. The van der Waals surface area contributed by atoms with Gasteiger partial charge in [0.15, 0.2) is 24.5 Å². The van der Waals surface area contributed by atoms with Gasteiger partial charge in [-0.15, -0.1) is 0 Å². The van der Waals surface area contributed by atoms with E-state index >= 15 is 0 Å². The largest absolute Gasteiger partial charge is 0.463 e. The minimum absolute atomic E-state index is 0.0855. The van der Waals surface area contributed by atoms with Crippen LogP contribution < -0.4 is 5.32 Å². The van der Waals surface area contributed by atoms with E-state index in [1.54, 1.807) is 22.6 Å². The number of hydrogen-bond donors (Lipinski definition) is 1. The van der Waals surface area contributed by atoms with Crippen LogP contribution in [-0.2, 0) is 42.9 Å². The smallest absolute Gasteiger partial charge is 0.303 e. The van der Waals surface area contributed by atoms with Gasteiger partial charge in [-0.05, 0) is 28.7 Å². The summed E-state index contributed by atoms with van der Waals surface area (Å²) in [5.41, 5.74) is -0.431. The van der Waals surface area contributed by atoms with Crippen LogP contribution in [0.4, 0.5) is 5.69 Å². The summed E-state index contributed by atoms with van der Waals surface area (Å²) in [6.45, 7) is 3.84. The number of benzene rings is 1. The molecule has 1 aliphatic heterocycles. The number of amides is 1. The first-order valence-corrected chi connectivity index (χ1v) is 11.4. The zero-order chi connectivity index (χ0) is 27.2. The first-order chi connectivity index (χ1) is 16.8. The van der Waals surface area contributed by atoms with E-state index in [0.717, 1.165) is 33.8 Å². The van der Waals surface area contributed by atoms with Crippen LogP contribution in [0.5, 0.6) is 0 Å². The number of ether oxygens (including phenoxy) is 5. The van der Waals surface area contributed by atoms with Crippen molar-refractivity contribution in [2.75, 3.05) is 6.61 Å². The normalized spacial score (nSPS) is 23.1. The molecule has 0 radical (unpaired) electrons. The molecule has 0 bridgehead atoms. The van der Waals surface area contributed by atoms with E-state index in [0.29, 0.717) is 3.57 Å². The van der Waals surface area contributed by atoms with Crippen LogP contribution in [0, 0.1) is 13.7 Å². The van der Waals surface area contributed by atoms with E-state index in [9.17, 15) is 34.1 Å². The van der Waals surface area contributed by atoms with Gasteiger partial charge < -0.3 is 29.0 Å². The van der Waals surface area contributed by atoms with Crippen molar-refractivity contribution in [3.63, 3.8) is 0 Å². The Labute approximate surface area is 218 Å². The van der Waals surface area contributed by atoms with Crippen LogP contribution in [0.3, 0.4) is 0 Å². The number of non-ortho nitro benzene ring substituents is 1. The minimum Gasteiger partial charge on any atom is -0.463 e. The van der Waals surface area contributed by atoms with Gasteiger partial charge >= 0.3 is 23.9 Å². The summed E-state index contributed by atoms with van der Waals surface area (Å²) in [6, 6.07) is 3.62. The number of carbonyl (C=O) groups is 5. The second kappa shape index (κ2) is 12.6. The lowest BCUT2D eigenvalue weighted by Crippen LogP contribution is -2.66. The highest BCUT2D eigenvalue weighted by molar-refractivity contribution is 14.1. The van der Waals surface area contributed by atoms with Crippen molar-refractivity contribution in [1.82, 2.24) is 5.32 Å². The predicted octanol–water partition coefficient (Wildman–Crippen LogP) is 1.01. The van der Waals surface area contributed by atoms with E-state index in [4.69, 9.17) is 23.7 Å². The van der Waals surface area contributed by atoms with Crippen LogP contribution in [-0.4, -0.2) is 72.0 Å². The molecule has 1 aromatic carbocycles. The highest BCUT2D eigenvalue weighted by Crippen LogP contribution is 2.29. The van der Waals surface area contributed by atoms with Crippen LogP contribution >= 0.6 is 22.6 Å². The number of esters is 4. The van der Waals surface area contributed by atoms with Crippen LogP contribution in [0.2, 0.25) is 0 Å². The highest BCUT2D eigenvalue weighted by atomic mass is 127. The van der Waals surface area contributed by atoms with Gasteiger partial charge in [0.2, 0.25) is 0 Å². The molecule has 0 saturated carbocycles. The number of nitrogens with one attached hydrogen (secondary N) is 1. The van der Waals surface area contributed by atoms with Crippen molar-refractivity contribution in [2.45, 2.75) is 58.3 Å². The first-order valence-electron chi connectivity index (χ1n) is 10.4. The Hall–Kier alpha value is -3.34. The molecule has 196 valence electrons. The fourth-order valence-corrected chi connectivity index (χ4v) is 3.93. The molecule has 36 heavy (non-hydrogen) atoms. The summed E-state index contributed by atoms with van der Waals surface area (Å²) in [4.78, 5) is 70.4. The number of nitro groups is 1. The van der Waals surface area contributed by atoms with Crippen molar-refractivity contribution in [3.8, 4) is 0 Å². The number of rotatable bonds is 8. The zero-order valence-corrected chi connectivity index (χ0v) is 21.7. The molecule has 0 unspecified atom stereocenters. The van der Waals surface area contributed by atoms with Crippen LogP contribution in [0.1, 0.15) is 38.1 Å². The Morgan fingerprint density at radius 1 is 0.944 bits per heavy atom. The zero-order valence-electron chi connectivity index (χ0n) is 19.6. The fourth-order valence-electron chi connectivity index (χ4n) is 3.35. The summed E-state index contributed by atoms with van der Waals surface area (Å²) >= 11 is 1.80. The van der Waals surface area contributed by atoms with Crippen molar-refractivity contribution in [3.05, 3.63) is 37.4 Å². The molecular weight excluding hydrogens is 599 g/mol. The molecule has 0 aromatic heterocycles. The lowest BCUT2D eigenvalue weighted by atomic mass is 9.97. The van der Waals surface area contributed by atoms with Gasteiger partial charge in [0.25, 0.3) is 11.6 Å². The average molecular weight is 622 g/mol. The molecule has 1 fully saturated rings. The van der Waals surface area contributed by atoms with Gasteiger partial charge in [-0.25, -0.2) is 0 Å². The molecule has 5 atom stereocenters. The number of halogens is 1. The summed E-state index contributed by atoms with van der Waals surface area (Å²) in [5.74, 6) is -4.02. The third-order valence-electron chi connectivity index (χ3n) is 4.67. The second-order valence-electron chi connectivity index (χ2n) is 7.51. The Balaban J connectivity index is 2.50. The van der Waals surface area contributed by atoms with E-state index < -0.39 is 72.0 Å². The van der Waals surface area contributed by atoms with Crippen molar-refractivity contribution in [2.24, 2.45) is 0 Å². The molecule has 0 aliphatic carbocycles. The maximum Gasteiger partial charge on any atom is 0.303 e. The molecule has 1 aromatic rings. The van der Waals surface area contributed by atoms with E-state index in [-0.39, 0.29) is 11.3 Å². The SMILES string of the molecule is CC(=O)OC[C@H]1O[C@@H](NC(=O)c2cc([N+](=O)[O-])ccc2I)[C@H](OC(C)=O)[C@@H](OC(C)=O)[C@H]1OC(C)=O. The maximum absolute atomic E-state index is 13.1. The van der Waals surface area contributed by atoms with Gasteiger partial charge in [-0.1, -0.05) is 0 Å². The monoisotopic (exact) mass is 622 g/mol. The standard InChI is InChI=1S/C21H23IN2O12/c1-9(25)32-8-16-17(33-10(2)26)18(34-11(3)27)19(35-12(4)28)21(36-16)23-20(29)14-7-13(24(30)31)5-6-15(14)22/h5-7,16-19,21H,8H2,1-4H3,(H,23,29)/t16-,17+,18+,19-,21-/m1/s1. The number of hydrogen-bond acceptors (Lipinski definition) is 12. The van der Waals surface area contributed by atoms with Crippen molar-refractivity contribution >= 4 is 58.1 Å². The number of carbonyl (C=O) groups excluding carboxylic acids is 5. The van der Waals surface area contributed by atoms with Gasteiger partial charge in [0.05, 0.1) is 10.5 Å².